The molecule has 1 aromatic carbocycles. The van der Waals surface area contributed by atoms with Crippen molar-refractivity contribution in [3.63, 3.8) is 0 Å². The van der Waals surface area contributed by atoms with E-state index in [2.05, 4.69) is 26.7 Å². The third-order valence-corrected chi connectivity index (χ3v) is 5.63. The van der Waals surface area contributed by atoms with Gasteiger partial charge in [-0.3, -0.25) is 4.99 Å². The van der Waals surface area contributed by atoms with Gasteiger partial charge in [0.05, 0.1) is 11.3 Å². The summed E-state index contributed by atoms with van der Waals surface area (Å²) in [5.74, 6) is 2.50. The van der Waals surface area contributed by atoms with E-state index in [-0.39, 0.29) is 0 Å². The Morgan fingerprint density at radius 2 is 1.78 bits per heavy atom. The molecule has 3 aliphatic heterocycles. The van der Waals surface area contributed by atoms with E-state index < -0.39 is 6.04 Å². The van der Waals surface area contributed by atoms with Crippen LogP contribution >= 0.6 is 0 Å². The van der Waals surface area contributed by atoms with E-state index in [0.717, 1.165) is 60.5 Å². The van der Waals surface area contributed by atoms with Crippen LogP contribution in [-0.2, 0) is 0 Å². The summed E-state index contributed by atoms with van der Waals surface area (Å²) >= 11 is 0. The van der Waals surface area contributed by atoms with Crippen molar-refractivity contribution in [2.45, 2.75) is 6.04 Å². The number of hydrogen-bond acceptors (Lipinski definition) is 6. The molecule has 4 heterocycles. The molecule has 27 heavy (non-hydrogen) atoms. The van der Waals surface area contributed by atoms with Gasteiger partial charge in [-0.15, -0.1) is 0 Å². The van der Waals surface area contributed by atoms with Crippen LogP contribution in [0.25, 0.3) is 0 Å². The molecule has 1 aromatic heterocycles. The maximum Gasteiger partial charge on any atom is 0.300 e. The third kappa shape index (κ3) is 2.70. The fourth-order valence-corrected chi connectivity index (χ4v) is 4.09. The summed E-state index contributed by atoms with van der Waals surface area (Å²) in [5, 5.41) is 0. The number of aliphatic imine (C=N–C) groups is 1. The summed E-state index contributed by atoms with van der Waals surface area (Å²) in [4.78, 5) is 29.5. The molecule has 0 radical (unpaired) electrons. The summed E-state index contributed by atoms with van der Waals surface area (Å²) in [7, 11) is 2.14. The molecule has 0 amide bonds. The molecule has 1 saturated heterocycles. The Hall–Kier alpha value is -2.80. The first-order chi connectivity index (χ1) is 13.2. The lowest BCUT2D eigenvalue weighted by atomic mass is 10.0. The first kappa shape index (κ1) is 16.4. The summed E-state index contributed by atoms with van der Waals surface area (Å²) in [5.41, 5.74) is 1.59. The third-order valence-electron chi connectivity index (χ3n) is 5.63. The standard InChI is InChI=1S/C20H23N6O/c1-23-11-13-24(14-12-23)17-8-7-16-19(22-17)25-10-9-21-20(25)18(26(16)27)15-5-3-2-4-6-15/h2-8,18H,9-14H2,1H3/q+1. The van der Waals surface area contributed by atoms with Crippen LogP contribution in [0.1, 0.15) is 11.6 Å². The van der Waals surface area contributed by atoms with Gasteiger partial charge in [0.2, 0.25) is 5.82 Å². The maximum absolute atomic E-state index is 13.2. The Balaban J connectivity index is 1.54. The summed E-state index contributed by atoms with van der Waals surface area (Å²) in [6.45, 7) is 5.44. The second kappa shape index (κ2) is 6.42. The Kier molecular flexibility index (Phi) is 3.89. The highest BCUT2D eigenvalue weighted by molar-refractivity contribution is 6.05. The van der Waals surface area contributed by atoms with E-state index in [0.29, 0.717) is 12.2 Å². The van der Waals surface area contributed by atoms with Crippen LogP contribution in [0.5, 0.6) is 0 Å². The number of benzene rings is 1. The number of aromatic nitrogens is 1. The van der Waals surface area contributed by atoms with Crippen LogP contribution in [0, 0.1) is 4.91 Å². The highest BCUT2D eigenvalue weighted by atomic mass is 16.3. The van der Waals surface area contributed by atoms with E-state index in [9.17, 15) is 4.91 Å². The number of fused-ring (bicyclic) bond motifs is 3. The zero-order valence-corrected chi connectivity index (χ0v) is 15.5. The quantitative estimate of drug-likeness (QED) is 0.766. The zero-order valence-electron chi connectivity index (χ0n) is 15.5. The number of rotatable bonds is 2. The van der Waals surface area contributed by atoms with Gasteiger partial charge < -0.3 is 14.7 Å². The van der Waals surface area contributed by atoms with E-state index in [1.54, 1.807) is 0 Å². The van der Waals surface area contributed by atoms with Crippen molar-refractivity contribution in [2.24, 2.45) is 4.99 Å². The van der Waals surface area contributed by atoms with Crippen LogP contribution in [0.3, 0.4) is 0 Å². The first-order valence-corrected chi connectivity index (χ1v) is 9.50. The Bertz CT molecular complexity index is 904. The zero-order chi connectivity index (χ0) is 18.4. The molecule has 138 valence electrons. The van der Waals surface area contributed by atoms with Gasteiger partial charge in [0, 0.05) is 49.3 Å². The molecule has 7 nitrogen and oxygen atoms in total. The fourth-order valence-electron chi connectivity index (χ4n) is 4.09. The molecule has 2 aromatic rings. The van der Waals surface area contributed by atoms with Crippen molar-refractivity contribution in [2.75, 3.05) is 56.1 Å². The van der Waals surface area contributed by atoms with Gasteiger partial charge in [0.1, 0.15) is 5.82 Å². The first-order valence-electron chi connectivity index (χ1n) is 9.50. The van der Waals surface area contributed by atoms with Crippen LogP contribution < -0.4 is 9.80 Å². The van der Waals surface area contributed by atoms with Crippen LogP contribution in [0.15, 0.2) is 47.5 Å². The van der Waals surface area contributed by atoms with E-state index in [4.69, 9.17) is 4.98 Å². The van der Waals surface area contributed by atoms with Crippen molar-refractivity contribution in [3.05, 3.63) is 52.9 Å². The van der Waals surface area contributed by atoms with E-state index in [1.807, 2.05) is 42.5 Å². The SMILES string of the molecule is CN1CCN(c2ccc3c(n2)N2CCN=C2C(c2ccccc2)[N+]3=O)CC1. The lowest BCUT2D eigenvalue weighted by Gasteiger charge is -2.34. The molecule has 0 saturated carbocycles. The smallest absolute Gasteiger partial charge is 0.300 e. The highest BCUT2D eigenvalue weighted by Crippen LogP contribution is 2.41. The van der Waals surface area contributed by atoms with Gasteiger partial charge in [-0.05, 0) is 13.1 Å². The number of anilines is 2. The van der Waals surface area contributed by atoms with Gasteiger partial charge in [-0.1, -0.05) is 30.3 Å². The van der Waals surface area contributed by atoms with Gasteiger partial charge in [0.25, 0.3) is 11.7 Å². The minimum atomic E-state index is -0.405. The molecule has 0 bridgehead atoms. The number of pyridine rings is 1. The number of hydrogen-bond donors (Lipinski definition) is 0. The number of piperazine rings is 1. The van der Waals surface area contributed by atoms with Gasteiger partial charge in [-0.2, -0.15) is 0 Å². The summed E-state index contributed by atoms with van der Waals surface area (Å²) in [6.07, 6.45) is 0. The molecule has 1 unspecified atom stereocenters. The van der Waals surface area contributed by atoms with Crippen LogP contribution in [-0.4, -0.2) is 66.8 Å². The monoisotopic (exact) mass is 363 g/mol. The lowest BCUT2D eigenvalue weighted by Crippen LogP contribution is -2.45. The Morgan fingerprint density at radius 3 is 2.56 bits per heavy atom. The van der Waals surface area contributed by atoms with Crippen molar-refractivity contribution in [1.29, 1.82) is 0 Å². The molecule has 0 aliphatic carbocycles. The molecule has 7 heteroatoms. The van der Waals surface area contributed by atoms with Crippen molar-refractivity contribution < 1.29 is 4.76 Å². The minimum absolute atomic E-state index is 0.405. The molecule has 0 spiro atoms. The van der Waals surface area contributed by atoms with Crippen molar-refractivity contribution in [1.82, 2.24) is 9.88 Å². The van der Waals surface area contributed by atoms with E-state index in [1.165, 1.54) is 0 Å². The summed E-state index contributed by atoms with van der Waals surface area (Å²) in [6, 6.07) is 13.4. The average molecular weight is 363 g/mol. The van der Waals surface area contributed by atoms with Crippen LogP contribution in [0.2, 0.25) is 0 Å². The van der Waals surface area contributed by atoms with Crippen molar-refractivity contribution >= 4 is 23.2 Å². The Morgan fingerprint density at radius 1 is 1.00 bits per heavy atom. The molecular formula is C20H23N6O+. The predicted octanol–water partition coefficient (Wildman–Crippen LogP) is 2.22. The molecule has 0 N–H and O–H groups in total. The van der Waals surface area contributed by atoms with Crippen LogP contribution in [0.4, 0.5) is 17.3 Å². The number of amidine groups is 1. The molecule has 1 atom stereocenters. The van der Waals surface area contributed by atoms with Crippen molar-refractivity contribution in [3.8, 4) is 0 Å². The number of likely N-dealkylation sites (N-methyl/N-ethyl adjacent to an activating group) is 1. The van der Waals surface area contributed by atoms with Gasteiger partial charge in [-0.25, -0.2) is 4.98 Å². The largest absolute Gasteiger partial charge is 0.354 e. The molecular weight excluding hydrogens is 340 g/mol. The molecule has 1 fully saturated rings. The predicted molar refractivity (Wildman–Crippen MR) is 106 cm³/mol. The second-order valence-electron chi connectivity index (χ2n) is 7.33. The highest BCUT2D eigenvalue weighted by Gasteiger charge is 2.48. The summed E-state index contributed by atoms with van der Waals surface area (Å²) < 4.78 is 1.08. The number of nitrogens with zero attached hydrogens (tertiary/aromatic N) is 6. The second-order valence-corrected chi connectivity index (χ2v) is 7.33. The molecule has 3 aliphatic rings. The molecule has 5 rings (SSSR count). The van der Waals surface area contributed by atoms with Gasteiger partial charge in [0.15, 0.2) is 5.84 Å². The topological polar surface area (TPSA) is 55.0 Å². The fraction of sp³-hybridized carbons (Fsp3) is 0.400. The normalized spacial score (nSPS) is 22.5. The Labute approximate surface area is 158 Å². The minimum Gasteiger partial charge on any atom is -0.354 e. The number of nitroso groups, excluding NO2 is 1. The maximum atomic E-state index is 13.2. The van der Waals surface area contributed by atoms with E-state index >= 15 is 0 Å². The average Bonchev–Trinajstić information content (AvgIpc) is 3.19. The lowest BCUT2D eigenvalue weighted by molar-refractivity contribution is -0.493. The van der Waals surface area contributed by atoms with Gasteiger partial charge >= 0.3 is 0 Å².